The van der Waals surface area contributed by atoms with Gasteiger partial charge in [0.25, 0.3) is 0 Å². The maximum absolute atomic E-state index is 6.14. The van der Waals surface area contributed by atoms with Gasteiger partial charge in [-0.2, -0.15) is 0 Å². The molecule has 0 spiro atoms. The van der Waals surface area contributed by atoms with Crippen LogP contribution in [0.4, 0.5) is 0 Å². The first-order valence-corrected chi connectivity index (χ1v) is 5.50. The van der Waals surface area contributed by atoms with Gasteiger partial charge in [0.15, 0.2) is 0 Å². The molecule has 0 saturated carbocycles. The van der Waals surface area contributed by atoms with Gasteiger partial charge in [0.05, 0.1) is 0 Å². The molecule has 0 saturated heterocycles. The van der Waals surface area contributed by atoms with Gasteiger partial charge in [-0.25, -0.2) is 0 Å². The molecule has 0 aliphatic heterocycles. The molecule has 0 N–H and O–H groups in total. The molecule has 0 bridgehead atoms. The van der Waals surface area contributed by atoms with Gasteiger partial charge < -0.3 is 0 Å². The number of hydrogen-bond acceptors (Lipinski definition) is 2. The SMILES string of the molecule is CN(C)S(C)(Cl)N(C)C. The number of nitrogens with zero attached hydrogens (tertiary/aromatic N) is 2. The third-order valence-electron chi connectivity index (χ3n) is 1.33. The largest absolute Gasteiger partial charge is 0.251 e. The second-order valence-corrected chi connectivity index (χ2v) is 7.06. The van der Waals surface area contributed by atoms with Gasteiger partial charge >= 0.3 is 0 Å². The molecular weight excluding hydrogens is 156 g/mol. The number of rotatable bonds is 2. The Hall–Kier alpha value is 0.560. The molecule has 0 radical (unpaired) electrons. The van der Waals surface area contributed by atoms with Gasteiger partial charge in [-0.3, -0.25) is 8.61 Å². The van der Waals surface area contributed by atoms with Crippen LogP contribution in [0, 0.1) is 0 Å². The zero-order valence-electron chi connectivity index (χ0n) is 6.68. The maximum Gasteiger partial charge on any atom is 0.00381 e. The summed E-state index contributed by atoms with van der Waals surface area (Å²) in [6, 6.07) is 0. The highest BCUT2D eigenvalue weighted by Crippen LogP contribution is 2.52. The van der Waals surface area contributed by atoms with Crippen molar-refractivity contribution in [1.82, 2.24) is 8.61 Å². The van der Waals surface area contributed by atoms with E-state index in [0.29, 0.717) is 0 Å². The van der Waals surface area contributed by atoms with Crippen LogP contribution in [0.2, 0.25) is 0 Å². The second-order valence-electron chi connectivity index (χ2n) is 2.36. The molecule has 0 atom stereocenters. The number of halogens is 1. The molecule has 0 aromatic heterocycles. The summed E-state index contributed by atoms with van der Waals surface area (Å²) in [6.07, 6.45) is 2.04. The Morgan fingerprint density at radius 2 is 1.22 bits per heavy atom. The zero-order chi connectivity index (χ0) is 7.65. The summed E-state index contributed by atoms with van der Waals surface area (Å²) in [6.45, 7) is 0. The highest BCUT2D eigenvalue weighted by Gasteiger charge is 2.18. The van der Waals surface area contributed by atoms with E-state index in [2.05, 4.69) is 0 Å². The fourth-order valence-corrected chi connectivity index (χ4v) is 0.980. The van der Waals surface area contributed by atoms with Crippen molar-refractivity contribution in [3.8, 4) is 0 Å². The van der Waals surface area contributed by atoms with E-state index in [1.54, 1.807) is 0 Å². The minimum absolute atomic E-state index is 1.18. The fraction of sp³-hybridized carbons (Fsp3) is 1.00. The summed E-state index contributed by atoms with van der Waals surface area (Å²) in [5.74, 6) is 0. The summed E-state index contributed by atoms with van der Waals surface area (Å²) in [5, 5.41) is 0. The van der Waals surface area contributed by atoms with Crippen LogP contribution in [0.5, 0.6) is 0 Å². The lowest BCUT2D eigenvalue weighted by molar-refractivity contribution is 0.597. The van der Waals surface area contributed by atoms with Gasteiger partial charge in [0, 0.05) is 6.26 Å². The average Bonchev–Trinajstić information content (AvgIpc) is 1.65. The van der Waals surface area contributed by atoms with Crippen LogP contribution >= 0.6 is 20.3 Å². The smallest absolute Gasteiger partial charge is 0.00381 e. The van der Waals surface area contributed by atoms with Crippen molar-refractivity contribution < 1.29 is 0 Å². The molecule has 0 heterocycles. The standard InChI is InChI=1S/C5H15ClN2S/c1-7(2)9(5,6)8(3)4/h1-5H3. The van der Waals surface area contributed by atoms with E-state index in [1.807, 2.05) is 43.1 Å². The topological polar surface area (TPSA) is 6.48 Å². The van der Waals surface area contributed by atoms with E-state index in [1.165, 1.54) is 0 Å². The van der Waals surface area contributed by atoms with Gasteiger partial charge in [-0.05, 0) is 38.9 Å². The van der Waals surface area contributed by atoms with Crippen molar-refractivity contribution in [2.75, 3.05) is 34.4 Å². The van der Waals surface area contributed by atoms with Gasteiger partial charge in [-0.15, -0.1) is 0 Å². The first-order chi connectivity index (χ1) is 3.89. The van der Waals surface area contributed by atoms with Crippen LogP contribution in [0.1, 0.15) is 0 Å². The molecule has 0 fully saturated rings. The average molecular weight is 171 g/mol. The van der Waals surface area contributed by atoms with Crippen molar-refractivity contribution in [2.45, 2.75) is 0 Å². The predicted molar refractivity (Wildman–Crippen MR) is 46.7 cm³/mol. The molecule has 9 heavy (non-hydrogen) atoms. The summed E-state index contributed by atoms with van der Waals surface area (Å²) >= 11 is 0. The summed E-state index contributed by atoms with van der Waals surface area (Å²) in [4.78, 5) is 0. The van der Waals surface area contributed by atoms with Crippen LogP contribution in [0.15, 0.2) is 0 Å². The van der Waals surface area contributed by atoms with Crippen LogP contribution in [0.25, 0.3) is 0 Å². The predicted octanol–water partition coefficient (Wildman–Crippen LogP) is 1.53. The summed E-state index contributed by atoms with van der Waals surface area (Å²) in [5.41, 5.74) is 0. The lowest BCUT2D eigenvalue weighted by atomic mass is 11.3. The Morgan fingerprint density at radius 3 is 1.22 bits per heavy atom. The van der Waals surface area contributed by atoms with Crippen molar-refractivity contribution in [3.05, 3.63) is 0 Å². The van der Waals surface area contributed by atoms with Crippen LogP contribution in [-0.4, -0.2) is 43.1 Å². The molecule has 2 nitrogen and oxygen atoms in total. The molecule has 0 aliphatic rings. The van der Waals surface area contributed by atoms with E-state index in [9.17, 15) is 0 Å². The first-order valence-electron chi connectivity index (χ1n) is 2.72. The third kappa shape index (κ3) is 2.34. The lowest BCUT2D eigenvalue weighted by Gasteiger charge is -2.40. The van der Waals surface area contributed by atoms with E-state index >= 15 is 0 Å². The molecule has 58 valence electrons. The molecule has 0 unspecified atom stereocenters. The van der Waals surface area contributed by atoms with Gasteiger partial charge in [0.2, 0.25) is 0 Å². The lowest BCUT2D eigenvalue weighted by Crippen LogP contribution is -2.25. The fourth-order valence-electron chi connectivity index (χ4n) is 0.327. The first kappa shape index (κ1) is 9.56. The molecule has 0 rings (SSSR count). The zero-order valence-corrected chi connectivity index (χ0v) is 8.25. The van der Waals surface area contributed by atoms with Crippen LogP contribution < -0.4 is 0 Å². The van der Waals surface area contributed by atoms with Crippen molar-refractivity contribution in [2.24, 2.45) is 0 Å². The molecule has 0 aliphatic carbocycles. The highest BCUT2D eigenvalue weighted by molar-refractivity contribution is 8.47. The third-order valence-corrected chi connectivity index (χ3v) is 5.65. The summed E-state index contributed by atoms with van der Waals surface area (Å²) in [7, 11) is 12.9. The van der Waals surface area contributed by atoms with Gasteiger partial charge in [-0.1, -0.05) is 9.61 Å². The van der Waals surface area contributed by atoms with Crippen molar-refractivity contribution >= 4 is 20.3 Å². The molecule has 0 aromatic rings. The van der Waals surface area contributed by atoms with E-state index in [4.69, 9.17) is 10.7 Å². The summed E-state index contributed by atoms with van der Waals surface area (Å²) < 4.78 is 4.07. The normalized spacial score (nSPS) is 15.1. The van der Waals surface area contributed by atoms with E-state index < -0.39 is 9.61 Å². The molecule has 4 heteroatoms. The molecule has 0 aromatic carbocycles. The van der Waals surface area contributed by atoms with Crippen molar-refractivity contribution in [1.29, 1.82) is 0 Å². The Kier molecular flexibility index (Phi) is 3.29. The monoisotopic (exact) mass is 170 g/mol. The van der Waals surface area contributed by atoms with Crippen LogP contribution in [0.3, 0.4) is 0 Å². The Balaban J connectivity index is 4.01. The number of hydrogen-bond donors (Lipinski definition) is 0. The quantitative estimate of drug-likeness (QED) is 0.621. The second kappa shape index (κ2) is 3.10. The highest BCUT2D eigenvalue weighted by atomic mass is 35.7. The minimum atomic E-state index is -1.18. The van der Waals surface area contributed by atoms with E-state index in [0.717, 1.165) is 0 Å². The molecule has 0 amide bonds. The van der Waals surface area contributed by atoms with Crippen molar-refractivity contribution in [3.63, 3.8) is 0 Å². The minimum Gasteiger partial charge on any atom is -0.251 e. The van der Waals surface area contributed by atoms with Gasteiger partial charge in [0.1, 0.15) is 0 Å². The Bertz CT molecular complexity index is 83.0. The van der Waals surface area contributed by atoms with Crippen LogP contribution in [-0.2, 0) is 0 Å². The van der Waals surface area contributed by atoms with E-state index in [-0.39, 0.29) is 0 Å². The Morgan fingerprint density at radius 1 is 1.00 bits per heavy atom. The molecular formula is C5H15ClN2S. The maximum atomic E-state index is 6.14. The Labute approximate surface area is 63.9 Å².